The highest BCUT2D eigenvalue weighted by atomic mass is 16.4. The third-order valence-corrected chi connectivity index (χ3v) is 6.91. The number of aliphatic carboxylic acids is 2. The summed E-state index contributed by atoms with van der Waals surface area (Å²) in [5.74, 6) is -1.33. The van der Waals surface area contributed by atoms with Gasteiger partial charge in [0.15, 0.2) is 0 Å². The molecular formula is C31H62O4. The zero-order valence-corrected chi connectivity index (χ0v) is 24.0. The van der Waals surface area contributed by atoms with Gasteiger partial charge < -0.3 is 10.2 Å². The molecule has 0 heterocycles. The zero-order chi connectivity index (χ0) is 26.4. The predicted octanol–water partition coefficient (Wildman–Crippen LogP) is 10.6. The van der Waals surface area contributed by atoms with Crippen LogP contribution >= 0.6 is 0 Å². The molecule has 210 valence electrons. The smallest absolute Gasteiger partial charge is 0.306 e. The summed E-state index contributed by atoms with van der Waals surface area (Å²) in [4.78, 5) is 21.4. The number of unbranched alkanes of at least 4 members (excludes halogenated alkanes) is 19. The average molecular weight is 499 g/mol. The summed E-state index contributed by atoms with van der Waals surface area (Å²) >= 11 is 0. The quantitative estimate of drug-likeness (QED) is 0.116. The Labute approximate surface area is 219 Å². The van der Waals surface area contributed by atoms with Gasteiger partial charge in [0.2, 0.25) is 0 Å². The second-order valence-corrected chi connectivity index (χ2v) is 10.5. The summed E-state index contributed by atoms with van der Waals surface area (Å²) in [5, 5.41) is 17.6. The largest absolute Gasteiger partial charge is 0.481 e. The van der Waals surface area contributed by atoms with E-state index < -0.39 is 11.9 Å². The van der Waals surface area contributed by atoms with Gasteiger partial charge >= 0.3 is 11.9 Å². The molecule has 2 N–H and O–H groups in total. The van der Waals surface area contributed by atoms with Gasteiger partial charge in [-0.3, -0.25) is 9.59 Å². The predicted molar refractivity (Wildman–Crippen MR) is 151 cm³/mol. The molecule has 0 saturated carbocycles. The van der Waals surface area contributed by atoms with Crippen LogP contribution in [-0.2, 0) is 9.59 Å². The Kier molecular flexibility index (Phi) is 31.9. The molecule has 0 spiro atoms. The number of rotatable bonds is 26. The van der Waals surface area contributed by atoms with E-state index in [4.69, 9.17) is 10.2 Å². The lowest BCUT2D eigenvalue weighted by atomic mass is 9.94. The highest BCUT2D eigenvalue weighted by molar-refractivity contribution is 5.69. The first-order valence-corrected chi connectivity index (χ1v) is 15.4. The van der Waals surface area contributed by atoms with Crippen LogP contribution in [0.1, 0.15) is 181 Å². The standard InChI is InChI=1S/C16H32O2.C15H30O2/c1-2-3-4-5-6-7-8-9-10-11-12-13-14-15-16(17)18;1-3-5-7-9-11-13-14(15(16)17)12-10-8-6-4-2/h2-15H2,1H3,(H,17,18);14H,3-13H2,1-2H3,(H,16,17). The summed E-state index contributed by atoms with van der Waals surface area (Å²) < 4.78 is 0. The monoisotopic (exact) mass is 498 g/mol. The van der Waals surface area contributed by atoms with Crippen molar-refractivity contribution in [1.29, 1.82) is 0 Å². The van der Waals surface area contributed by atoms with Gasteiger partial charge in [-0.15, -0.1) is 0 Å². The van der Waals surface area contributed by atoms with Crippen LogP contribution in [-0.4, -0.2) is 22.2 Å². The van der Waals surface area contributed by atoms with Crippen molar-refractivity contribution < 1.29 is 19.8 Å². The van der Waals surface area contributed by atoms with Crippen LogP contribution in [0.15, 0.2) is 0 Å². The minimum absolute atomic E-state index is 0.0894. The molecule has 1 unspecified atom stereocenters. The van der Waals surface area contributed by atoms with E-state index >= 15 is 0 Å². The Bertz CT molecular complexity index is 436. The van der Waals surface area contributed by atoms with Crippen LogP contribution in [0.4, 0.5) is 0 Å². The summed E-state index contributed by atoms with van der Waals surface area (Å²) in [6.45, 7) is 6.65. The molecule has 0 aromatic heterocycles. The van der Waals surface area contributed by atoms with Crippen molar-refractivity contribution in [3.05, 3.63) is 0 Å². The van der Waals surface area contributed by atoms with Gasteiger partial charge in [-0.1, -0.05) is 156 Å². The van der Waals surface area contributed by atoms with Gasteiger partial charge in [0.05, 0.1) is 5.92 Å². The van der Waals surface area contributed by atoms with Crippen molar-refractivity contribution in [2.75, 3.05) is 0 Å². The summed E-state index contributed by atoms with van der Waals surface area (Å²) in [5.41, 5.74) is 0. The molecule has 4 heteroatoms. The molecule has 0 aliphatic carbocycles. The maximum Gasteiger partial charge on any atom is 0.306 e. The van der Waals surface area contributed by atoms with E-state index in [1.165, 1.54) is 116 Å². The van der Waals surface area contributed by atoms with Gasteiger partial charge in [0, 0.05) is 6.42 Å². The lowest BCUT2D eigenvalue weighted by Gasteiger charge is -2.11. The van der Waals surface area contributed by atoms with Crippen molar-refractivity contribution in [2.24, 2.45) is 5.92 Å². The molecular weight excluding hydrogens is 436 g/mol. The number of carboxylic acid groups (broad SMARTS) is 2. The van der Waals surface area contributed by atoms with E-state index in [-0.39, 0.29) is 5.92 Å². The molecule has 0 bridgehead atoms. The molecule has 0 aliphatic heterocycles. The molecule has 0 fully saturated rings. The summed E-state index contributed by atoms with van der Waals surface area (Å²) in [7, 11) is 0. The normalized spacial score (nSPS) is 11.6. The third kappa shape index (κ3) is 32.9. The Morgan fingerprint density at radius 1 is 0.457 bits per heavy atom. The highest BCUT2D eigenvalue weighted by Gasteiger charge is 2.15. The van der Waals surface area contributed by atoms with Crippen LogP contribution < -0.4 is 0 Å². The topological polar surface area (TPSA) is 74.6 Å². The molecule has 0 amide bonds. The summed E-state index contributed by atoms with van der Waals surface area (Å²) in [6, 6.07) is 0. The third-order valence-electron chi connectivity index (χ3n) is 6.91. The lowest BCUT2D eigenvalue weighted by Crippen LogP contribution is -2.13. The molecule has 4 nitrogen and oxygen atoms in total. The van der Waals surface area contributed by atoms with Crippen molar-refractivity contribution >= 4 is 11.9 Å². The molecule has 1 atom stereocenters. The van der Waals surface area contributed by atoms with Gasteiger partial charge in [-0.25, -0.2) is 0 Å². The fourth-order valence-electron chi connectivity index (χ4n) is 4.50. The van der Waals surface area contributed by atoms with E-state index in [9.17, 15) is 9.59 Å². The fourth-order valence-corrected chi connectivity index (χ4v) is 4.50. The lowest BCUT2D eigenvalue weighted by molar-refractivity contribution is -0.142. The van der Waals surface area contributed by atoms with Crippen molar-refractivity contribution in [3.8, 4) is 0 Å². The minimum Gasteiger partial charge on any atom is -0.481 e. The van der Waals surface area contributed by atoms with Crippen molar-refractivity contribution in [3.63, 3.8) is 0 Å². The van der Waals surface area contributed by atoms with E-state index in [0.717, 1.165) is 38.5 Å². The summed E-state index contributed by atoms with van der Waals surface area (Å²) in [6.07, 6.45) is 29.8. The number of carbonyl (C=O) groups is 2. The average Bonchev–Trinajstić information content (AvgIpc) is 2.83. The maximum absolute atomic E-state index is 11.1. The van der Waals surface area contributed by atoms with Crippen LogP contribution in [0.3, 0.4) is 0 Å². The molecule has 0 radical (unpaired) electrons. The number of carboxylic acids is 2. The Morgan fingerprint density at radius 2 is 0.743 bits per heavy atom. The molecule has 0 saturated heterocycles. The van der Waals surface area contributed by atoms with Crippen molar-refractivity contribution in [2.45, 2.75) is 181 Å². The first-order valence-electron chi connectivity index (χ1n) is 15.4. The van der Waals surface area contributed by atoms with Gasteiger partial charge in [0.25, 0.3) is 0 Å². The van der Waals surface area contributed by atoms with Crippen LogP contribution in [0.25, 0.3) is 0 Å². The molecule has 0 aromatic carbocycles. The molecule has 0 aromatic rings. The van der Waals surface area contributed by atoms with Crippen LogP contribution in [0.5, 0.6) is 0 Å². The fraction of sp³-hybridized carbons (Fsp3) is 0.935. The van der Waals surface area contributed by atoms with Crippen LogP contribution in [0.2, 0.25) is 0 Å². The molecule has 35 heavy (non-hydrogen) atoms. The second-order valence-electron chi connectivity index (χ2n) is 10.5. The SMILES string of the molecule is CCCCCCCC(CCCCCC)C(=O)O.CCCCCCCCCCCCCCCC(=O)O. The first-order chi connectivity index (χ1) is 17.0. The van der Waals surface area contributed by atoms with Crippen LogP contribution in [0, 0.1) is 5.92 Å². The van der Waals surface area contributed by atoms with Gasteiger partial charge in [-0.05, 0) is 19.3 Å². The van der Waals surface area contributed by atoms with E-state index in [1.807, 2.05) is 0 Å². The zero-order valence-electron chi connectivity index (χ0n) is 24.0. The first kappa shape index (κ1) is 36.1. The Balaban J connectivity index is 0. The minimum atomic E-state index is -0.655. The molecule has 0 rings (SSSR count). The van der Waals surface area contributed by atoms with E-state index in [0.29, 0.717) is 6.42 Å². The van der Waals surface area contributed by atoms with E-state index in [2.05, 4.69) is 20.8 Å². The highest BCUT2D eigenvalue weighted by Crippen LogP contribution is 2.19. The maximum atomic E-state index is 11.1. The number of hydrogen-bond acceptors (Lipinski definition) is 2. The Morgan fingerprint density at radius 3 is 1.06 bits per heavy atom. The number of hydrogen-bond donors (Lipinski definition) is 2. The van der Waals surface area contributed by atoms with Gasteiger partial charge in [0.1, 0.15) is 0 Å². The van der Waals surface area contributed by atoms with Gasteiger partial charge in [-0.2, -0.15) is 0 Å². The van der Waals surface area contributed by atoms with E-state index in [1.54, 1.807) is 0 Å². The van der Waals surface area contributed by atoms with Crippen molar-refractivity contribution in [1.82, 2.24) is 0 Å². The Hall–Kier alpha value is -1.06. The molecule has 0 aliphatic rings. The second kappa shape index (κ2) is 31.0.